The number of fused-ring (bicyclic) bond motifs is 1. The zero-order chi connectivity index (χ0) is 38.9. The molecule has 0 aliphatic carbocycles. The van der Waals surface area contributed by atoms with Crippen LogP contribution in [0.15, 0.2) is 104 Å². The average molecular weight is 777 g/mol. The number of anilines is 2. The van der Waals surface area contributed by atoms with Crippen LogP contribution in [0.1, 0.15) is 38.6 Å². The van der Waals surface area contributed by atoms with Gasteiger partial charge in [-0.25, -0.2) is 9.97 Å². The number of benzene rings is 2. The minimum absolute atomic E-state index is 0.0136. The number of pyridine rings is 4. The Hall–Kier alpha value is -6.37. The Morgan fingerprint density at radius 2 is 1.67 bits per heavy atom. The van der Waals surface area contributed by atoms with E-state index in [1.165, 1.54) is 17.2 Å². The predicted octanol–water partition coefficient (Wildman–Crippen LogP) is 7.55. The van der Waals surface area contributed by atoms with Crippen molar-refractivity contribution >= 4 is 69.4 Å². The number of rotatable bonds is 13. The second-order valence-corrected chi connectivity index (χ2v) is 13.0. The van der Waals surface area contributed by atoms with Crippen LogP contribution in [0.25, 0.3) is 17.0 Å². The first-order valence-corrected chi connectivity index (χ1v) is 17.8. The molecule has 4 heterocycles. The Labute approximate surface area is 327 Å². The average Bonchev–Trinajstić information content (AvgIpc) is 3.19. The number of aryl methyl sites for hydroxylation is 2. The van der Waals surface area contributed by atoms with Crippen LogP contribution < -0.4 is 25.0 Å². The molecule has 14 heteroatoms. The molecule has 0 bridgehead atoms. The number of nitrogens with one attached hydrogen (secondary N) is 2. The minimum atomic E-state index is -0.494. The molecule has 3 amide bonds. The molecule has 0 unspecified atom stereocenters. The fourth-order valence-electron chi connectivity index (χ4n) is 5.44. The molecule has 2 N–H and O–H groups in total. The molecule has 4 aromatic heterocycles. The van der Waals surface area contributed by atoms with Crippen LogP contribution in [-0.4, -0.2) is 51.2 Å². The first kappa shape index (κ1) is 38.4. The van der Waals surface area contributed by atoms with Gasteiger partial charge >= 0.3 is 0 Å². The summed E-state index contributed by atoms with van der Waals surface area (Å²) in [5.41, 5.74) is 4.65. The van der Waals surface area contributed by atoms with Crippen LogP contribution in [-0.2, 0) is 22.8 Å². The second kappa shape index (κ2) is 17.6. The van der Waals surface area contributed by atoms with Crippen LogP contribution >= 0.6 is 23.2 Å². The van der Waals surface area contributed by atoms with Gasteiger partial charge in [-0.15, -0.1) is 0 Å². The quantitative estimate of drug-likeness (QED) is 0.114. The van der Waals surface area contributed by atoms with E-state index in [4.69, 9.17) is 37.7 Å². The van der Waals surface area contributed by atoms with Gasteiger partial charge in [0, 0.05) is 65.1 Å². The molecule has 0 atom stereocenters. The molecule has 0 spiro atoms. The van der Waals surface area contributed by atoms with E-state index in [0.29, 0.717) is 62.5 Å². The Morgan fingerprint density at radius 3 is 2.44 bits per heavy atom. The third kappa shape index (κ3) is 9.60. The molecule has 55 heavy (non-hydrogen) atoms. The third-order valence-electron chi connectivity index (χ3n) is 8.39. The van der Waals surface area contributed by atoms with Gasteiger partial charge in [-0.1, -0.05) is 35.3 Å². The number of likely N-dealkylation sites (N-methyl/N-ethyl adjacent to an activating group) is 1. The van der Waals surface area contributed by atoms with Crippen LogP contribution in [0.2, 0.25) is 10.0 Å². The van der Waals surface area contributed by atoms with Crippen LogP contribution in [0.5, 0.6) is 11.5 Å². The fraction of sp³-hybridized carbons (Fsp3) is 0.146. The molecule has 0 saturated heterocycles. The number of ether oxygens (including phenoxy) is 2. The SMILES string of the molecule is Cc1cc(OCc2ccccn2)c2cccc(OCc3c(Cl)ccc(N(C)C(=O)CNC(=O)/C=C/c4ccc(NC(=O)c5cccnc5C)nc4)c3Cl)c2n1. The van der Waals surface area contributed by atoms with Gasteiger partial charge in [0.25, 0.3) is 5.91 Å². The van der Waals surface area contributed by atoms with E-state index in [2.05, 4.69) is 25.6 Å². The van der Waals surface area contributed by atoms with Crippen molar-refractivity contribution in [1.29, 1.82) is 0 Å². The van der Waals surface area contributed by atoms with Gasteiger partial charge in [-0.3, -0.25) is 24.4 Å². The highest BCUT2D eigenvalue weighted by Crippen LogP contribution is 2.36. The number of aromatic nitrogens is 4. The first-order chi connectivity index (χ1) is 26.6. The van der Waals surface area contributed by atoms with Crippen LogP contribution in [0.3, 0.4) is 0 Å². The zero-order valence-corrected chi connectivity index (χ0v) is 31.6. The summed E-state index contributed by atoms with van der Waals surface area (Å²) < 4.78 is 12.4. The Kier molecular flexibility index (Phi) is 12.3. The predicted molar refractivity (Wildman–Crippen MR) is 212 cm³/mol. The number of hydrogen-bond acceptors (Lipinski definition) is 9. The molecule has 2 aromatic carbocycles. The Bertz CT molecular complexity index is 2390. The van der Waals surface area contributed by atoms with E-state index >= 15 is 0 Å². The van der Waals surface area contributed by atoms with Gasteiger partial charge in [0.05, 0.1) is 28.5 Å². The molecule has 6 rings (SSSR count). The van der Waals surface area contributed by atoms with E-state index in [-0.39, 0.29) is 24.1 Å². The maximum Gasteiger partial charge on any atom is 0.258 e. The smallest absolute Gasteiger partial charge is 0.258 e. The van der Waals surface area contributed by atoms with Crippen molar-refractivity contribution in [2.75, 3.05) is 23.8 Å². The Balaban J connectivity index is 1.05. The number of carbonyl (C=O) groups excluding carboxylic acids is 3. The first-order valence-electron chi connectivity index (χ1n) is 17.0. The summed E-state index contributed by atoms with van der Waals surface area (Å²) in [7, 11) is 1.55. The number of para-hydroxylation sites is 1. The molecule has 12 nitrogen and oxygen atoms in total. The minimum Gasteiger partial charge on any atom is -0.487 e. The van der Waals surface area contributed by atoms with Crippen molar-refractivity contribution in [2.45, 2.75) is 27.1 Å². The summed E-state index contributed by atoms with van der Waals surface area (Å²) in [6, 6.07) is 23.0. The van der Waals surface area contributed by atoms with E-state index in [1.54, 1.807) is 74.9 Å². The lowest BCUT2D eigenvalue weighted by atomic mass is 10.1. The molecule has 0 fully saturated rings. The number of nitrogens with zero attached hydrogens (tertiary/aromatic N) is 5. The van der Waals surface area contributed by atoms with Crippen molar-refractivity contribution in [2.24, 2.45) is 0 Å². The molecule has 0 saturated carbocycles. The monoisotopic (exact) mass is 775 g/mol. The maximum atomic E-state index is 13.1. The highest BCUT2D eigenvalue weighted by molar-refractivity contribution is 6.38. The van der Waals surface area contributed by atoms with Gasteiger partial charge in [-0.2, -0.15) is 0 Å². The zero-order valence-electron chi connectivity index (χ0n) is 30.0. The standard InChI is InChI=1S/C41H35Cl2N7O5/c1-25-20-35(54-23-28-8-4-5-18-45-28)30-9-6-11-34(40(30)48-25)55-24-31-32(42)14-15-33(39(31)43)50(3)38(52)22-47-37(51)17-13-27-12-16-36(46-21-27)49-41(53)29-10-7-19-44-26(29)2/h4-21H,22-24H2,1-3H3,(H,47,51)(H,46,49,53)/b17-13+. The van der Waals surface area contributed by atoms with E-state index in [0.717, 1.165) is 16.8 Å². The third-order valence-corrected chi connectivity index (χ3v) is 9.16. The van der Waals surface area contributed by atoms with E-state index in [9.17, 15) is 14.4 Å². The van der Waals surface area contributed by atoms with Gasteiger partial charge in [0.15, 0.2) is 0 Å². The van der Waals surface area contributed by atoms with Gasteiger partial charge in [-0.05, 0) is 86.2 Å². The summed E-state index contributed by atoms with van der Waals surface area (Å²) >= 11 is 13.4. The van der Waals surface area contributed by atoms with Crippen molar-refractivity contribution in [3.05, 3.63) is 147 Å². The van der Waals surface area contributed by atoms with Gasteiger partial charge in [0.2, 0.25) is 11.8 Å². The number of amides is 3. The lowest BCUT2D eigenvalue weighted by molar-refractivity contribution is -0.122. The van der Waals surface area contributed by atoms with Crippen molar-refractivity contribution < 1.29 is 23.9 Å². The second-order valence-electron chi connectivity index (χ2n) is 12.2. The molecule has 0 aliphatic heterocycles. The molecular weight excluding hydrogens is 741 g/mol. The molecule has 6 aromatic rings. The topological polar surface area (TPSA) is 149 Å². The van der Waals surface area contributed by atoms with Crippen molar-refractivity contribution in [3.8, 4) is 11.5 Å². The summed E-state index contributed by atoms with van der Waals surface area (Å²) in [5.74, 6) is 0.242. The number of halogens is 2. The summed E-state index contributed by atoms with van der Waals surface area (Å²) in [4.78, 5) is 57.0. The lowest BCUT2D eigenvalue weighted by Crippen LogP contribution is -2.37. The van der Waals surface area contributed by atoms with Gasteiger partial charge < -0.3 is 25.0 Å². The highest BCUT2D eigenvalue weighted by atomic mass is 35.5. The highest BCUT2D eigenvalue weighted by Gasteiger charge is 2.20. The fourth-order valence-corrected chi connectivity index (χ4v) is 6.05. The van der Waals surface area contributed by atoms with Crippen molar-refractivity contribution in [1.82, 2.24) is 25.3 Å². The van der Waals surface area contributed by atoms with Crippen LogP contribution in [0.4, 0.5) is 11.5 Å². The largest absolute Gasteiger partial charge is 0.487 e. The molecule has 0 aliphatic rings. The summed E-state index contributed by atoms with van der Waals surface area (Å²) in [6.45, 7) is 3.60. The maximum absolute atomic E-state index is 13.1. The van der Waals surface area contributed by atoms with E-state index in [1.807, 2.05) is 43.3 Å². The van der Waals surface area contributed by atoms with Crippen molar-refractivity contribution in [3.63, 3.8) is 0 Å². The Morgan fingerprint density at radius 1 is 0.855 bits per heavy atom. The lowest BCUT2D eigenvalue weighted by Gasteiger charge is -2.21. The molecular formula is C41H35Cl2N7O5. The van der Waals surface area contributed by atoms with Gasteiger partial charge in [0.1, 0.15) is 36.0 Å². The summed E-state index contributed by atoms with van der Waals surface area (Å²) in [5, 5.41) is 6.65. The summed E-state index contributed by atoms with van der Waals surface area (Å²) in [6.07, 6.45) is 7.66. The van der Waals surface area contributed by atoms with E-state index < -0.39 is 11.8 Å². The molecule has 0 radical (unpaired) electrons. The normalized spacial score (nSPS) is 11.0. The number of hydrogen-bond donors (Lipinski definition) is 2. The number of carbonyl (C=O) groups is 3. The van der Waals surface area contributed by atoms with Crippen LogP contribution in [0, 0.1) is 13.8 Å². The molecule has 278 valence electrons.